The second-order valence-electron chi connectivity index (χ2n) is 5.30. The van der Waals surface area contributed by atoms with Crippen molar-refractivity contribution in [1.29, 1.82) is 0 Å². The molecule has 0 saturated carbocycles. The second-order valence-corrected chi connectivity index (χ2v) is 5.30. The van der Waals surface area contributed by atoms with Crippen molar-refractivity contribution in [1.82, 2.24) is 14.5 Å². The predicted molar refractivity (Wildman–Crippen MR) is 78.9 cm³/mol. The van der Waals surface area contributed by atoms with Gasteiger partial charge in [0.25, 0.3) is 0 Å². The monoisotopic (exact) mass is 253 g/mol. The minimum Gasteiger partial charge on any atom is -0.331 e. The Kier molecular flexibility index (Phi) is 2.99. The van der Waals surface area contributed by atoms with Gasteiger partial charge < -0.3 is 9.47 Å². The highest BCUT2D eigenvalue weighted by atomic mass is 15.1. The van der Waals surface area contributed by atoms with Crippen LogP contribution in [0.3, 0.4) is 0 Å². The minimum atomic E-state index is 0.342. The van der Waals surface area contributed by atoms with Crippen molar-refractivity contribution in [3.63, 3.8) is 0 Å². The first kappa shape index (κ1) is 12.2. The lowest BCUT2D eigenvalue weighted by Gasteiger charge is -2.28. The Morgan fingerprint density at radius 3 is 2.63 bits per heavy atom. The molecule has 2 aromatic rings. The molecule has 0 spiro atoms. The quantitative estimate of drug-likeness (QED) is 0.838. The van der Waals surface area contributed by atoms with Crippen molar-refractivity contribution >= 4 is 11.0 Å². The molecule has 98 valence electrons. The summed E-state index contributed by atoms with van der Waals surface area (Å²) in [7, 11) is 6.37. The van der Waals surface area contributed by atoms with E-state index in [1.165, 1.54) is 11.1 Å². The van der Waals surface area contributed by atoms with Gasteiger partial charge in [0.05, 0.1) is 6.04 Å². The van der Waals surface area contributed by atoms with Crippen molar-refractivity contribution in [2.75, 3.05) is 14.1 Å². The molecule has 0 radical (unpaired) electrons. The zero-order valence-corrected chi connectivity index (χ0v) is 11.6. The summed E-state index contributed by atoms with van der Waals surface area (Å²) in [5, 5.41) is 1.21. The number of aromatic nitrogens is 2. The molecule has 0 saturated heterocycles. The highest BCUT2D eigenvalue weighted by Crippen LogP contribution is 2.33. The highest BCUT2D eigenvalue weighted by Gasteiger charge is 2.25. The predicted octanol–water partition coefficient (Wildman–Crippen LogP) is 2.92. The van der Waals surface area contributed by atoms with Gasteiger partial charge in [-0.2, -0.15) is 0 Å². The summed E-state index contributed by atoms with van der Waals surface area (Å²) < 4.78 is 2.21. The molecule has 1 unspecified atom stereocenters. The first-order chi connectivity index (χ1) is 9.18. The first-order valence-corrected chi connectivity index (χ1v) is 6.60. The van der Waals surface area contributed by atoms with Crippen molar-refractivity contribution in [2.24, 2.45) is 13.0 Å². The van der Waals surface area contributed by atoms with Crippen LogP contribution in [-0.4, -0.2) is 28.5 Å². The van der Waals surface area contributed by atoms with Crippen LogP contribution in [0, 0.1) is 5.92 Å². The van der Waals surface area contributed by atoms with Crippen LogP contribution in [0.1, 0.15) is 11.7 Å². The molecule has 0 N–H and O–H groups in total. The summed E-state index contributed by atoms with van der Waals surface area (Å²) in [6, 6.07) is 6.71. The number of pyridine rings is 1. The summed E-state index contributed by atoms with van der Waals surface area (Å²) in [5.41, 5.74) is 2.36. The number of hydrogen-bond acceptors (Lipinski definition) is 2. The molecular weight excluding hydrogens is 234 g/mol. The fraction of sp³-hybridized carbons (Fsp3) is 0.312. The third kappa shape index (κ3) is 2.00. The maximum Gasteiger partial charge on any atom is 0.139 e. The van der Waals surface area contributed by atoms with Crippen LogP contribution in [0.5, 0.6) is 0 Å². The van der Waals surface area contributed by atoms with Crippen LogP contribution >= 0.6 is 0 Å². The Balaban J connectivity index is 2.12. The third-order valence-corrected chi connectivity index (χ3v) is 3.83. The molecule has 2 aromatic heterocycles. The fourth-order valence-corrected chi connectivity index (χ4v) is 2.93. The maximum atomic E-state index is 4.48. The van der Waals surface area contributed by atoms with Crippen LogP contribution in [0.15, 0.2) is 48.7 Å². The summed E-state index contributed by atoms with van der Waals surface area (Å²) in [5.74, 6) is 0.429. The van der Waals surface area contributed by atoms with Crippen molar-refractivity contribution < 1.29 is 0 Å². The normalized spacial score (nSPS) is 16.8. The zero-order chi connectivity index (χ0) is 13.4. The largest absolute Gasteiger partial charge is 0.331 e. The van der Waals surface area contributed by atoms with Gasteiger partial charge in [0.1, 0.15) is 5.65 Å². The topological polar surface area (TPSA) is 21.1 Å². The zero-order valence-electron chi connectivity index (χ0n) is 11.6. The maximum absolute atomic E-state index is 4.48. The van der Waals surface area contributed by atoms with Gasteiger partial charge in [-0.15, -0.1) is 0 Å². The van der Waals surface area contributed by atoms with E-state index < -0.39 is 0 Å². The molecule has 2 heterocycles. The molecule has 3 nitrogen and oxygen atoms in total. The first-order valence-electron chi connectivity index (χ1n) is 6.60. The van der Waals surface area contributed by atoms with Gasteiger partial charge in [0.15, 0.2) is 0 Å². The molecule has 0 aromatic carbocycles. The van der Waals surface area contributed by atoms with E-state index >= 15 is 0 Å². The van der Waals surface area contributed by atoms with Crippen molar-refractivity contribution in [2.45, 2.75) is 6.04 Å². The van der Waals surface area contributed by atoms with E-state index in [-0.39, 0.29) is 0 Å². The fourth-order valence-electron chi connectivity index (χ4n) is 2.93. The van der Waals surface area contributed by atoms with E-state index in [4.69, 9.17) is 0 Å². The number of fused-ring (bicyclic) bond motifs is 1. The van der Waals surface area contributed by atoms with Gasteiger partial charge in [0, 0.05) is 30.2 Å². The van der Waals surface area contributed by atoms with E-state index in [9.17, 15) is 0 Å². The van der Waals surface area contributed by atoms with Crippen LogP contribution in [0.2, 0.25) is 0 Å². The smallest absolute Gasteiger partial charge is 0.139 e. The minimum absolute atomic E-state index is 0.342. The van der Waals surface area contributed by atoms with Crippen LogP contribution in [-0.2, 0) is 7.05 Å². The lowest BCUT2D eigenvalue weighted by Crippen LogP contribution is -2.27. The molecule has 0 aliphatic heterocycles. The number of aryl methyl sites for hydroxylation is 1. The molecule has 1 aliphatic carbocycles. The number of rotatable bonds is 3. The van der Waals surface area contributed by atoms with Gasteiger partial charge in [-0.3, -0.25) is 0 Å². The summed E-state index contributed by atoms with van der Waals surface area (Å²) in [4.78, 5) is 6.75. The standard InChI is InChI=1S/C16H19N3/c1-18(2)15(12-7-4-5-8-12)14-11-13-9-6-10-17-16(13)19(14)3/h4-12,15H,1-3H3. The lowest BCUT2D eigenvalue weighted by atomic mass is 9.97. The molecular formula is C16H19N3. The third-order valence-electron chi connectivity index (χ3n) is 3.83. The molecule has 19 heavy (non-hydrogen) atoms. The van der Waals surface area contributed by atoms with E-state index in [0.29, 0.717) is 12.0 Å². The van der Waals surface area contributed by atoms with Crippen molar-refractivity contribution in [3.05, 3.63) is 54.4 Å². The van der Waals surface area contributed by atoms with Gasteiger partial charge in [-0.1, -0.05) is 24.3 Å². The summed E-state index contributed by atoms with van der Waals surface area (Å²) in [6.07, 6.45) is 10.6. The van der Waals surface area contributed by atoms with Crippen molar-refractivity contribution in [3.8, 4) is 0 Å². The van der Waals surface area contributed by atoms with Crippen LogP contribution in [0.4, 0.5) is 0 Å². The molecule has 1 atom stereocenters. The number of hydrogen-bond donors (Lipinski definition) is 0. The summed E-state index contributed by atoms with van der Waals surface area (Å²) >= 11 is 0. The SMILES string of the molecule is CN(C)C(c1cc2cccnc2n1C)C1C=CC=C1. The number of allylic oxidation sites excluding steroid dienone is 2. The van der Waals surface area contributed by atoms with Gasteiger partial charge in [-0.25, -0.2) is 4.98 Å². The molecule has 1 aliphatic rings. The Hall–Kier alpha value is -1.87. The van der Waals surface area contributed by atoms with Crippen LogP contribution < -0.4 is 0 Å². The molecule has 0 fully saturated rings. The second kappa shape index (κ2) is 4.67. The molecule has 0 amide bonds. The number of nitrogens with zero attached hydrogens (tertiary/aromatic N) is 3. The van der Waals surface area contributed by atoms with Gasteiger partial charge >= 0.3 is 0 Å². The van der Waals surface area contributed by atoms with Gasteiger partial charge in [-0.05, 0) is 32.3 Å². The Morgan fingerprint density at radius 2 is 2.00 bits per heavy atom. The van der Waals surface area contributed by atoms with E-state index in [1.54, 1.807) is 0 Å². The Bertz CT molecular complexity index is 637. The van der Waals surface area contributed by atoms with E-state index in [2.05, 4.69) is 72.0 Å². The average Bonchev–Trinajstić information content (AvgIpc) is 3.00. The molecule has 3 rings (SSSR count). The average molecular weight is 253 g/mol. The van der Waals surface area contributed by atoms with Gasteiger partial charge in [0.2, 0.25) is 0 Å². The molecule has 0 bridgehead atoms. The summed E-state index contributed by atoms with van der Waals surface area (Å²) in [6.45, 7) is 0. The van der Waals surface area contributed by atoms with Crippen LogP contribution in [0.25, 0.3) is 11.0 Å². The Morgan fingerprint density at radius 1 is 1.26 bits per heavy atom. The highest BCUT2D eigenvalue weighted by molar-refractivity contribution is 5.77. The van der Waals surface area contributed by atoms with E-state index in [0.717, 1.165) is 5.65 Å². The van der Waals surface area contributed by atoms with E-state index in [1.807, 2.05) is 12.3 Å². The molecule has 3 heteroatoms. The Labute approximate surface area is 113 Å². The lowest BCUT2D eigenvalue weighted by molar-refractivity contribution is 0.257.